The van der Waals surface area contributed by atoms with Crippen LogP contribution in [0.15, 0.2) is 59.5 Å². The Balaban J connectivity index is 1.84. The van der Waals surface area contributed by atoms with E-state index >= 15 is 0 Å². The van der Waals surface area contributed by atoms with Crippen molar-refractivity contribution in [1.82, 2.24) is 14.5 Å². The molecule has 6 heteroatoms. The first kappa shape index (κ1) is 20.6. The highest BCUT2D eigenvalue weighted by Crippen LogP contribution is 2.34. The van der Waals surface area contributed by atoms with Crippen LogP contribution in [-0.2, 0) is 6.54 Å². The summed E-state index contributed by atoms with van der Waals surface area (Å²) in [5.41, 5.74) is 2.71. The second-order valence-electron chi connectivity index (χ2n) is 7.85. The third-order valence-corrected chi connectivity index (χ3v) is 6.04. The molecule has 1 saturated heterocycles. The van der Waals surface area contributed by atoms with E-state index in [4.69, 9.17) is 11.6 Å². The number of halogens is 1. The summed E-state index contributed by atoms with van der Waals surface area (Å²) in [5, 5.41) is 11.5. The molecule has 1 aliphatic heterocycles. The lowest BCUT2D eigenvalue weighted by molar-refractivity contribution is 0.183. The molecule has 0 bridgehead atoms. The summed E-state index contributed by atoms with van der Waals surface area (Å²) in [5.74, 6) is 0.0419. The van der Waals surface area contributed by atoms with E-state index in [2.05, 4.69) is 9.88 Å². The fourth-order valence-electron chi connectivity index (χ4n) is 4.26. The van der Waals surface area contributed by atoms with Crippen molar-refractivity contribution in [2.75, 3.05) is 13.1 Å². The second kappa shape index (κ2) is 9.02. The number of piperidine rings is 1. The van der Waals surface area contributed by atoms with Gasteiger partial charge < -0.3 is 9.67 Å². The number of aromatic hydroxyl groups is 1. The minimum absolute atomic E-state index is 0.0419. The van der Waals surface area contributed by atoms with Crippen molar-refractivity contribution < 1.29 is 5.11 Å². The average Bonchev–Trinajstić information content (AvgIpc) is 2.76. The van der Waals surface area contributed by atoms with Gasteiger partial charge in [0.1, 0.15) is 5.75 Å². The quantitative estimate of drug-likeness (QED) is 0.654. The molecule has 0 radical (unpaired) electrons. The topological polar surface area (TPSA) is 58.4 Å². The van der Waals surface area contributed by atoms with E-state index in [-0.39, 0.29) is 17.4 Å². The van der Waals surface area contributed by atoms with Crippen molar-refractivity contribution in [3.63, 3.8) is 0 Å². The zero-order chi connectivity index (χ0) is 21.1. The van der Waals surface area contributed by atoms with Crippen molar-refractivity contribution in [3.8, 4) is 5.75 Å². The summed E-state index contributed by atoms with van der Waals surface area (Å²) in [6.45, 7) is 3.98. The number of hydrogen-bond acceptors (Lipinski definition) is 4. The molecular formula is C24H26ClN3O2. The van der Waals surface area contributed by atoms with Crippen LogP contribution in [0.5, 0.6) is 5.75 Å². The summed E-state index contributed by atoms with van der Waals surface area (Å²) in [7, 11) is 0. The Labute approximate surface area is 181 Å². The number of nitrogens with zero attached hydrogens (tertiary/aromatic N) is 3. The third-order valence-electron chi connectivity index (χ3n) is 5.78. The van der Waals surface area contributed by atoms with E-state index in [1.807, 2.05) is 49.4 Å². The molecule has 1 aliphatic rings. The van der Waals surface area contributed by atoms with Gasteiger partial charge in [-0.15, -0.1) is 0 Å². The molecule has 3 aromatic rings. The minimum atomic E-state index is -0.314. The van der Waals surface area contributed by atoms with Crippen molar-refractivity contribution in [3.05, 3.63) is 92.6 Å². The average molecular weight is 424 g/mol. The molecule has 1 unspecified atom stereocenters. The highest BCUT2D eigenvalue weighted by Gasteiger charge is 2.30. The van der Waals surface area contributed by atoms with E-state index in [1.165, 1.54) is 6.42 Å². The molecule has 1 N–H and O–H groups in total. The summed E-state index contributed by atoms with van der Waals surface area (Å²) in [6.07, 6.45) is 5.08. The number of hydrogen-bond donors (Lipinski definition) is 1. The lowest BCUT2D eigenvalue weighted by atomic mass is 9.94. The first-order valence-electron chi connectivity index (χ1n) is 10.4. The molecule has 4 rings (SSSR count). The van der Waals surface area contributed by atoms with E-state index in [0.717, 1.165) is 37.2 Å². The van der Waals surface area contributed by atoms with Gasteiger partial charge in [-0.2, -0.15) is 0 Å². The summed E-state index contributed by atoms with van der Waals surface area (Å²) in [6, 6.07) is 14.6. The zero-order valence-electron chi connectivity index (χ0n) is 17.1. The Morgan fingerprint density at radius 1 is 1.10 bits per heavy atom. The Morgan fingerprint density at radius 2 is 1.83 bits per heavy atom. The van der Waals surface area contributed by atoms with Gasteiger partial charge in [0.2, 0.25) is 0 Å². The first-order valence-corrected chi connectivity index (χ1v) is 10.7. The van der Waals surface area contributed by atoms with Crippen LogP contribution in [-0.4, -0.2) is 32.6 Å². The van der Waals surface area contributed by atoms with Crippen LogP contribution in [0.25, 0.3) is 0 Å². The smallest absolute Gasteiger partial charge is 0.260 e. The van der Waals surface area contributed by atoms with E-state index in [0.29, 0.717) is 22.8 Å². The fourth-order valence-corrected chi connectivity index (χ4v) is 4.38. The van der Waals surface area contributed by atoms with Crippen LogP contribution >= 0.6 is 11.6 Å². The Bertz CT molecular complexity index is 1060. The van der Waals surface area contributed by atoms with Gasteiger partial charge in [0.25, 0.3) is 5.56 Å². The molecule has 0 saturated carbocycles. The molecule has 0 aliphatic carbocycles. The van der Waals surface area contributed by atoms with E-state index < -0.39 is 0 Å². The predicted octanol–water partition coefficient (Wildman–Crippen LogP) is 4.53. The van der Waals surface area contributed by atoms with Gasteiger partial charge in [0.15, 0.2) is 0 Å². The van der Waals surface area contributed by atoms with E-state index in [9.17, 15) is 9.90 Å². The van der Waals surface area contributed by atoms with Gasteiger partial charge in [-0.25, -0.2) is 0 Å². The molecular weight excluding hydrogens is 398 g/mol. The lowest BCUT2D eigenvalue weighted by Crippen LogP contribution is -2.38. The molecule has 156 valence electrons. The van der Waals surface area contributed by atoms with Crippen molar-refractivity contribution in [2.24, 2.45) is 0 Å². The number of aromatic nitrogens is 2. The van der Waals surface area contributed by atoms with Gasteiger partial charge in [0, 0.05) is 16.9 Å². The maximum atomic E-state index is 13.7. The number of aryl methyl sites for hydroxylation is 1. The molecule has 0 spiro atoms. The molecule has 5 nitrogen and oxygen atoms in total. The number of rotatable bonds is 5. The van der Waals surface area contributed by atoms with Crippen LogP contribution in [0.4, 0.5) is 0 Å². The van der Waals surface area contributed by atoms with Crippen molar-refractivity contribution in [1.29, 1.82) is 0 Å². The standard InChI is InChI=1S/C24H26ClN3O2/c1-17-15-21(29)22(24(30)28(17)16-20-7-3-4-12-26-20)23(27-13-5-2-6-14-27)18-8-10-19(25)11-9-18/h3-4,7-12,15,23,29H,2,5-6,13-14,16H2,1H3. The molecule has 3 heterocycles. The Hall–Kier alpha value is -2.63. The zero-order valence-corrected chi connectivity index (χ0v) is 17.8. The van der Waals surface area contributed by atoms with Crippen LogP contribution < -0.4 is 5.56 Å². The fraction of sp³-hybridized carbons (Fsp3) is 0.333. The monoisotopic (exact) mass is 423 g/mol. The van der Waals surface area contributed by atoms with Crippen molar-refractivity contribution >= 4 is 11.6 Å². The molecule has 2 aromatic heterocycles. The summed E-state index contributed by atoms with van der Waals surface area (Å²) >= 11 is 6.11. The van der Waals surface area contributed by atoms with Gasteiger partial charge >= 0.3 is 0 Å². The van der Waals surface area contributed by atoms with Crippen LogP contribution in [0, 0.1) is 6.92 Å². The number of pyridine rings is 2. The summed E-state index contributed by atoms with van der Waals surface area (Å²) in [4.78, 5) is 20.3. The molecule has 30 heavy (non-hydrogen) atoms. The highest BCUT2D eigenvalue weighted by atomic mass is 35.5. The van der Waals surface area contributed by atoms with Crippen LogP contribution in [0.2, 0.25) is 5.02 Å². The number of benzene rings is 1. The van der Waals surface area contributed by atoms with Gasteiger partial charge in [-0.1, -0.05) is 36.2 Å². The molecule has 0 amide bonds. The largest absolute Gasteiger partial charge is 0.507 e. The molecule has 1 fully saturated rings. The predicted molar refractivity (Wildman–Crippen MR) is 119 cm³/mol. The van der Waals surface area contributed by atoms with Gasteiger partial charge in [-0.05, 0) is 68.8 Å². The normalized spacial score (nSPS) is 15.8. The van der Waals surface area contributed by atoms with Gasteiger partial charge in [-0.3, -0.25) is 14.7 Å². The molecule has 1 aromatic carbocycles. The Kier molecular flexibility index (Phi) is 6.21. The SMILES string of the molecule is Cc1cc(O)c(C(c2ccc(Cl)cc2)N2CCCCC2)c(=O)n1Cc1ccccn1. The van der Waals surface area contributed by atoms with Crippen molar-refractivity contribution in [2.45, 2.75) is 38.8 Å². The first-order chi connectivity index (χ1) is 14.5. The number of likely N-dealkylation sites (tertiary alicyclic amines) is 1. The minimum Gasteiger partial charge on any atom is -0.507 e. The highest BCUT2D eigenvalue weighted by molar-refractivity contribution is 6.30. The lowest BCUT2D eigenvalue weighted by Gasteiger charge is -2.35. The molecule has 1 atom stereocenters. The maximum Gasteiger partial charge on any atom is 0.260 e. The third kappa shape index (κ3) is 4.27. The second-order valence-corrected chi connectivity index (χ2v) is 8.28. The van der Waals surface area contributed by atoms with Crippen LogP contribution in [0.3, 0.4) is 0 Å². The maximum absolute atomic E-state index is 13.7. The summed E-state index contributed by atoms with van der Waals surface area (Å²) < 4.78 is 1.70. The Morgan fingerprint density at radius 3 is 2.50 bits per heavy atom. The van der Waals surface area contributed by atoms with E-state index in [1.54, 1.807) is 16.8 Å². The van der Waals surface area contributed by atoms with Crippen LogP contribution in [0.1, 0.15) is 47.8 Å². The van der Waals surface area contributed by atoms with Gasteiger partial charge in [0.05, 0.1) is 23.8 Å².